The van der Waals surface area contributed by atoms with Gasteiger partial charge in [-0.05, 0) is 69.4 Å². The molecule has 0 spiro atoms. The van der Waals surface area contributed by atoms with Crippen molar-refractivity contribution >= 4 is 15.9 Å². The summed E-state index contributed by atoms with van der Waals surface area (Å²) in [4.78, 5) is 0. The molecule has 0 aliphatic carbocycles. The number of aliphatic hydroxyl groups is 1. The van der Waals surface area contributed by atoms with Crippen molar-refractivity contribution in [1.82, 2.24) is 0 Å². The molecule has 140 valence electrons. The Morgan fingerprint density at radius 3 is 2.37 bits per heavy atom. The molecule has 27 heavy (non-hydrogen) atoms. The van der Waals surface area contributed by atoms with Crippen LogP contribution in [0.3, 0.4) is 0 Å². The standard InChI is InChI=1S/C22H20BrFO3/c1-15-11-21(26-13-16-5-3-2-4-6-16)20(23)12-19(15)22(25)17-7-9-18(10-8-17)27-14-24/h2-12,22,25H,13-14H2,1H3. The Bertz CT molecular complexity index is 882. The number of halogens is 2. The summed E-state index contributed by atoms with van der Waals surface area (Å²) in [5, 5.41) is 10.7. The van der Waals surface area contributed by atoms with E-state index in [1.165, 1.54) is 0 Å². The van der Waals surface area contributed by atoms with Crippen LogP contribution in [0.1, 0.15) is 28.4 Å². The summed E-state index contributed by atoms with van der Waals surface area (Å²) in [6, 6.07) is 20.4. The molecule has 3 rings (SSSR count). The normalized spacial score (nSPS) is 11.9. The van der Waals surface area contributed by atoms with Crippen LogP contribution in [0.5, 0.6) is 11.5 Å². The van der Waals surface area contributed by atoms with Crippen molar-refractivity contribution in [2.75, 3.05) is 6.86 Å². The van der Waals surface area contributed by atoms with Crippen LogP contribution in [0.25, 0.3) is 0 Å². The predicted octanol–water partition coefficient (Wildman–Crippen LogP) is 5.72. The lowest BCUT2D eigenvalue weighted by atomic mass is 9.97. The molecule has 0 saturated heterocycles. The Hall–Kier alpha value is -2.37. The largest absolute Gasteiger partial charge is 0.488 e. The van der Waals surface area contributed by atoms with Gasteiger partial charge < -0.3 is 14.6 Å². The Morgan fingerprint density at radius 1 is 1.00 bits per heavy atom. The molecule has 0 aliphatic rings. The fourth-order valence-electron chi connectivity index (χ4n) is 2.80. The Balaban J connectivity index is 1.77. The van der Waals surface area contributed by atoms with Crippen LogP contribution in [0.4, 0.5) is 4.39 Å². The van der Waals surface area contributed by atoms with Gasteiger partial charge in [0.05, 0.1) is 4.47 Å². The van der Waals surface area contributed by atoms with Crippen LogP contribution < -0.4 is 9.47 Å². The van der Waals surface area contributed by atoms with Gasteiger partial charge in [-0.3, -0.25) is 0 Å². The van der Waals surface area contributed by atoms with Crippen molar-refractivity contribution in [3.05, 3.63) is 93.5 Å². The number of rotatable bonds is 7. The van der Waals surface area contributed by atoms with Crippen LogP contribution in [0.15, 0.2) is 71.2 Å². The first kappa shape index (κ1) is 19.4. The van der Waals surface area contributed by atoms with Gasteiger partial charge >= 0.3 is 0 Å². The zero-order valence-corrected chi connectivity index (χ0v) is 16.4. The van der Waals surface area contributed by atoms with Crippen LogP contribution in [0.2, 0.25) is 0 Å². The third-order valence-electron chi connectivity index (χ3n) is 4.27. The average Bonchev–Trinajstić information content (AvgIpc) is 2.69. The zero-order valence-electron chi connectivity index (χ0n) is 14.9. The molecule has 0 heterocycles. The summed E-state index contributed by atoms with van der Waals surface area (Å²) in [5.74, 6) is 1.15. The van der Waals surface area contributed by atoms with E-state index in [9.17, 15) is 9.50 Å². The third kappa shape index (κ3) is 4.87. The van der Waals surface area contributed by atoms with E-state index in [0.29, 0.717) is 17.9 Å². The van der Waals surface area contributed by atoms with Gasteiger partial charge in [0.1, 0.15) is 24.2 Å². The Labute approximate surface area is 166 Å². The monoisotopic (exact) mass is 430 g/mol. The molecule has 0 fully saturated rings. The molecule has 1 unspecified atom stereocenters. The molecule has 3 aromatic carbocycles. The second-order valence-corrected chi connectivity index (χ2v) is 6.99. The molecule has 1 N–H and O–H groups in total. The van der Waals surface area contributed by atoms with E-state index in [0.717, 1.165) is 26.9 Å². The fourth-order valence-corrected chi connectivity index (χ4v) is 3.28. The van der Waals surface area contributed by atoms with Crippen LogP contribution in [-0.2, 0) is 6.61 Å². The second kappa shape index (κ2) is 9.02. The van der Waals surface area contributed by atoms with Gasteiger partial charge in [-0.25, -0.2) is 4.39 Å². The first-order valence-corrected chi connectivity index (χ1v) is 9.31. The summed E-state index contributed by atoms with van der Waals surface area (Å²) in [6.07, 6.45) is -0.802. The van der Waals surface area contributed by atoms with Gasteiger partial charge in [-0.2, -0.15) is 0 Å². The van der Waals surface area contributed by atoms with Crippen molar-refractivity contribution in [2.24, 2.45) is 0 Å². The molecule has 0 aromatic heterocycles. The maximum atomic E-state index is 12.2. The van der Waals surface area contributed by atoms with Gasteiger partial charge in [0.15, 0.2) is 0 Å². The highest BCUT2D eigenvalue weighted by molar-refractivity contribution is 9.10. The quantitative estimate of drug-likeness (QED) is 0.520. The summed E-state index contributed by atoms with van der Waals surface area (Å²) in [7, 11) is 0. The molecule has 0 aliphatic heterocycles. The average molecular weight is 431 g/mol. The first-order valence-electron chi connectivity index (χ1n) is 8.52. The highest BCUT2D eigenvalue weighted by Gasteiger charge is 2.16. The molecule has 0 saturated carbocycles. The minimum absolute atomic E-state index is 0.427. The second-order valence-electron chi connectivity index (χ2n) is 6.14. The first-order chi connectivity index (χ1) is 13.1. The van der Waals surface area contributed by atoms with Gasteiger partial charge in [-0.1, -0.05) is 42.5 Å². The molecule has 3 nitrogen and oxygen atoms in total. The summed E-state index contributed by atoms with van der Waals surface area (Å²) < 4.78 is 23.7. The predicted molar refractivity (Wildman–Crippen MR) is 107 cm³/mol. The van der Waals surface area contributed by atoms with Crippen molar-refractivity contribution < 1.29 is 19.0 Å². The summed E-state index contributed by atoms with van der Waals surface area (Å²) >= 11 is 3.53. The molecule has 3 aromatic rings. The lowest BCUT2D eigenvalue weighted by Crippen LogP contribution is -2.04. The number of benzene rings is 3. The van der Waals surface area contributed by atoms with Gasteiger partial charge in [0, 0.05) is 0 Å². The van der Waals surface area contributed by atoms with Crippen LogP contribution in [-0.4, -0.2) is 12.0 Å². The minimum Gasteiger partial charge on any atom is -0.488 e. The van der Waals surface area contributed by atoms with Crippen molar-refractivity contribution in [3.63, 3.8) is 0 Å². The Kier molecular flexibility index (Phi) is 6.48. The smallest absolute Gasteiger partial charge is 0.228 e. The maximum absolute atomic E-state index is 12.2. The molecule has 0 bridgehead atoms. The van der Waals surface area contributed by atoms with E-state index in [-0.39, 0.29) is 0 Å². The third-order valence-corrected chi connectivity index (χ3v) is 4.89. The van der Waals surface area contributed by atoms with Crippen LogP contribution in [0, 0.1) is 6.92 Å². The molecule has 0 amide bonds. The van der Waals surface area contributed by atoms with E-state index in [4.69, 9.17) is 9.47 Å². The van der Waals surface area contributed by atoms with E-state index in [1.807, 2.05) is 49.4 Å². The lowest BCUT2D eigenvalue weighted by molar-refractivity contribution is 0.191. The summed E-state index contributed by atoms with van der Waals surface area (Å²) in [6.45, 7) is 1.52. The maximum Gasteiger partial charge on any atom is 0.228 e. The number of hydrogen-bond donors (Lipinski definition) is 1. The highest BCUT2D eigenvalue weighted by atomic mass is 79.9. The molecule has 1 atom stereocenters. The van der Waals surface area contributed by atoms with E-state index in [1.54, 1.807) is 24.3 Å². The number of hydrogen-bond acceptors (Lipinski definition) is 3. The van der Waals surface area contributed by atoms with Crippen molar-refractivity contribution in [3.8, 4) is 11.5 Å². The van der Waals surface area contributed by atoms with E-state index in [2.05, 4.69) is 15.9 Å². The number of aryl methyl sites for hydroxylation is 1. The fraction of sp³-hybridized carbons (Fsp3) is 0.182. The van der Waals surface area contributed by atoms with Crippen LogP contribution >= 0.6 is 15.9 Å². The molecule has 0 radical (unpaired) electrons. The van der Waals surface area contributed by atoms with Gasteiger partial charge in [-0.15, -0.1) is 0 Å². The number of aliphatic hydroxyl groups excluding tert-OH is 1. The summed E-state index contributed by atoms with van der Waals surface area (Å²) in [5.41, 5.74) is 3.47. The topological polar surface area (TPSA) is 38.7 Å². The highest BCUT2D eigenvalue weighted by Crippen LogP contribution is 2.34. The molecule has 5 heteroatoms. The molecular formula is C22H20BrFO3. The lowest BCUT2D eigenvalue weighted by Gasteiger charge is -2.17. The van der Waals surface area contributed by atoms with Crippen molar-refractivity contribution in [1.29, 1.82) is 0 Å². The zero-order chi connectivity index (χ0) is 19.2. The van der Waals surface area contributed by atoms with E-state index < -0.39 is 13.0 Å². The molecular weight excluding hydrogens is 411 g/mol. The van der Waals surface area contributed by atoms with Crippen molar-refractivity contribution in [2.45, 2.75) is 19.6 Å². The number of alkyl halides is 1. The Morgan fingerprint density at radius 2 is 1.70 bits per heavy atom. The SMILES string of the molecule is Cc1cc(OCc2ccccc2)c(Br)cc1C(O)c1ccc(OCF)cc1. The van der Waals surface area contributed by atoms with Gasteiger partial charge in [0.2, 0.25) is 6.86 Å². The van der Waals surface area contributed by atoms with Gasteiger partial charge in [0.25, 0.3) is 0 Å². The minimum atomic E-state index is -0.877. The number of ether oxygens (including phenoxy) is 2. The van der Waals surface area contributed by atoms with E-state index >= 15 is 0 Å².